The van der Waals surface area contributed by atoms with E-state index in [1.165, 1.54) is 7.11 Å². The fourth-order valence-electron chi connectivity index (χ4n) is 2.98. The van der Waals surface area contributed by atoms with Crippen LogP contribution in [0.3, 0.4) is 0 Å². The Morgan fingerprint density at radius 3 is 2.52 bits per heavy atom. The van der Waals surface area contributed by atoms with Gasteiger partial charge in [0.2, 0.25) is 5.91 Å². The number of carbonyl (C=O) groups is 3. The van der Waals surface area contributed by atoms with Gasteiger partial charge in [-0.15, -0.1) is 0 Å². The van der Waals surface area contributed by atoms with E-state index in [-0.39, 0.29) is 19.4 Å². The third kappa shape index (κ3) is 6.51. The second-order valence-corrected chi connectivity index (χ2v) is 7.80. The van der Waals surface area contributed by atoms with Gasteiger partial charge in [-0.1, -0.05) is 18.2 Å². The van der Waals surface area contributed by atoms with Gasteiger partial charge in [-0.25, -0.2) is 4.79 Å². The second kappa shape index (κ2) is 9.45. The molecular weight excluding hydrogens is 374 g/mol. The van der Waals surface area contributed by atoms with Crippen LogP contribution in [0.4, 0.5) is 4.79 Å². The Bertz CT molecular complexity index is 882. The minimum Gasteiger partial charge on any atom is -0.469 e. The lowest BCUT2D eigenvalue weighted by molar-refractivity contribution is -0.140. The van der Waals surface area contributed by atoms with Crippen molar-refractivity contribution in [2.75, 3.05) is 13.7 Å². The predicted octanol–water partition coefficient (Wildman–Crippen LogP) is 2.29. The van der Waals surface area contributed by atoms with Crippen LogP contribution in [0.25, 0.3) is 10.9 Å². The molecule has 1 aromatic heterocycles. The number of alkyl carbamates (subject to hydrolysis) is 1. The van der Waals surface area contributed by atoms with Crippen molar-refractivity contribution in [2.45, 2.75) is 45.3 Å². The second-order valence-electron chi connectivity index (χ2n) is 7.80. The summed E-state index contributed by atoms with van der Waals surface area (Å²) in [6.07, 6.45) is 1.60. The lowest BCUT2D eigenvalue weighted by Gasteiger charge is -2.23. The zero-order valence-electron chi connectivity index (χ0n) is 17.6. The summed E-state index contributed by atoms with van der Waals surface area (Å²) in [5.74, 6) is -0.816. The molecule has 2 aromatic rings. The molecule has 0 radical (unpaired) electrons. The van der Waals surface area contributed by atoms with Gasteiger partial charge >= 0.3 is 12.1 Å². The van der Waals surface area contributed by atoms with Crippen molar-refractivity contribution in [3.05, 3.63) is 36.0 Å². The van der Waals surface area contributed by atoms with Crippen LogP contribution >= 0.6 is 0 Å². The highest BCUT2D eigenvalue weighted by Gasteiger charge is 2.26. The van der Waals surface area contributed by atoms with Gasteiger partial charge in [-0.2, -0.15) is 0 Å². The zero-order valence-corrected chi connectivity index (χ0v) is 17.6. The maximum atomic E-state index is 12.7. The van der Waals surface area contributed by atoms with E-state index < -0.39 is 29.6 Å². The van der Waals surface area contributed by atoms with E-state index in [2.05, 4.69) is 15.4 Å². The molecule has 8 nitrogen and oxygen atoms in total. The van der Waals surface area contributed by atoms with Crippen molar-refractivity contribution in [1.29, 1.82) is 0 Å². The number of aryl methyl sites for hydroxylation is 1. The highest BCUT2D eigenvalue weighted by atomic mass is 16.6. The number of carbonyl (C=O) groups excluding carboxylic acids is 3. The molecule has 2 rings (SSSR count). The highest BCUT2D eigenvalue weighted by Crippen LogP contribution is 2.21. The van der Waals surface area contributed by atoms with Crippen LogP contribution < -0.4 is 10.6 Å². The van der Waals surface area contributed by atoms with E-state index in [0.717, 1.165) is 16.5 Å². The Hall–Kier alpha value is -3.03. The first-order valence-electron chi connectivity index (χ1n) is 9.47. The third-order valence-corrected chi connectivity index (χ3v) is 4.27. The summed E-state index contributed by atoms with van der Waals surface area (Å²) in [6.45, 7) is 5.38. The minimum atomic E-state index is -0.853. The lowest BCUT2D eigenvalue weighted by atomic mass is 10.0. The number of ether oxygens (including phenoxy) is 2. The molecule has 158 valence electrons. The number of esters is 1. The van der Waals surface area contributed by atoms with Crippen molar-refractivity contribution < 1.29 is 23.9 Å². The van der Waals surface area contributed by atoms with Gasteiger partial charge in [0.25, 0.3) is 0 Å². The summed E-state index contributed by atoms with van der Waals surface area (Å²) in [5, 5.41) is 6.33. The number of amides is 2. The largest absolute Gasteiger partial charge is 0.469 e. The molecule has 0 aliphatic carbocycles. The van der Waals surface area contributed by atoms with E-state index in [1.807, 2.05) is 42.1 Å². The van der Waals surface area contributed by atoms with E-state index >= 15 is 0 Å². The molecule has 0 aliphatic rings. The van der Waals surface area contributed by atoms with Gasteiger partial charge in [0.1, 0.15) is 11.6 Å². The fourth-order valence-corrected chi connectivity index (χ4v) is 2.98. The molecule has 1 atom stereocenters. The van der Waals surface area contributed by atoms with Gasteiger partial charge in [0.15, 0.2) is 0 Å². The number of hydrogen-bond acceptors (Lipinski definition) is 5. The predicted molar refractivity (Wildman–Crippen MR) is 109 cm³/mol. The van der Waals surface area contributed by atoms with E-state index in [4.69, 9.17) is 4.74 Å². The standard InChI is InChI=1S/C21H29N3O5/c1-21(2,3)29-20(27)23-16(19(26)22-11-10-18(25)28-5)12-14-13-24(4)17-9-7-6-8-15(14)17/h6-9,13,16H,10-12H2,1-5H3,(H,22,26)(H,23,27). The van der Waals surface area contributed by atoms with Crippen LogP contribution in [0, 0.1) is 0 Å². The van der Waals surface area contributed by atoms with Gasteiger partial charge < -0.3 is 24.7 Å². The molecule has 0 aliphatic heterocycles. The molecule has 0 bridgehead atoms. The Morgan fingerprint density at radius 2 is 1.86 bits per heavy atom. The summed E-state index contributed by atoms with van der Waals surface area (Å²) in [6, 6.07) is 6.99. The van der Waals surface area contributed by atoms with Crippen molar-refractivity contribution in [1.82, 2.24) is 15.2 Å². The molecule has 2 N–H and O–H groups in total. The van der Waals surface area contributed by atoms with E-state index in [9.17, 15) is 14.4 Å². The Labute approximate surface area is 170 Å². The quantitative estimate of drug-likeness (QED) is 0.691. The minimum absolute atomic E-state index is 0.0513. The molecule has 2 amide bonds. The summed E-state index contributed by atoms with van der Waals surface area (Å²) in [4.78, 5) is 36.3. The number of methoxy groups -OCH3 is 1. The van der Waals surface area contributed by atoms with Crippen molar-refractivity contribution in [3.8, 4) is 0 Å². The number of para-hydroxylation sites is 1. The summed E-state index contributed by atoms with van der Waals surface area (Å²) < 4.78 is 11.9. The Kier molecular flexibility index (Phi) is 7.25. The lowest BCUT2D eigenvalue weighted by Crippen LogP contribution is -2.49. The van der Waals surface area contributed by atoms with Crippen molar-refractivity contribution >= 4 is 28.9 Å². The van der Waals surface area contributed by atoms with Crippen LogP contribution in [0.1, 0.15) is 32.8 Å². The van der Waals surface area contributed by atoms with E-state index in [1.54, 1.807) is 20.8 Å². The Morgan fingerprint density at radius 1 is 1.17 bits per heavy atom. The smallest absolute Gasteiger partial charge is 0.408 e. The summed E-state index contributed by atoms with van der Waals surface area (Å²) >= 11 is 0. The van der Waals surface area contributed by atoms with Gasteiger partial charge in [-0.05, 0) is 32.4 Å². The average Bonchev–Trinajstić information content (AvgIpc) is 2.95. The first-order chi connectivity index (χ1) is 13.6. The number of nitrogens with zero attached hydrogens (tertiary/aromatic N) is 1. The van der Waals surface area contributed by atoms with Crippen LogP contribution in [0.15, 0.2) is 30.5 Å². The molecule has 1 aromatic carbocycles. The summed E-state index contributed by atoms with van der Waals surface area (Å²) in [5.41, 5.74) is 1.27. The molecule has 1 unspecified atom stereocenters. The van der Waals surface area contributed by atoms with Gasteiger partial charge in [0.05, 0.1) is 13.5 Å². The van der Waals surface area contributed by atoms with Crippen LogP contribution in [-0.2, 0) is 32.5 Å². The highest BCUT2D eigenvalue weighted by molar-refractivity contribution is 5.88. The molecule has 0 spiro atoms. The van der Waals surface area contributed by atoms with Crippen LogP contribution in [0.5, 0.6) is 0 Å². The molecule has 1 heterocycles. The number of nitrogens with one attached hydrogen (secondary N) is 2. The first-order valence-corrected chi connectivity index (χ1v) is 9.47. The maximum absolute atomic E-state index is 12.7. The summed E-state index contributed by atoms with van der Waals surface area (Å²) in [7, 11) is 3.22. The molecular formula is C21H29N3O5. The van der Waals surface area contributed by atoms with Crippen molar-refractivity contribution in [3.63, 3.8) is 0 Å². The van der Waals surface area contributed by atoms with E-state index in [0.29, 0.717) is 0 Å². The van der Waals surface area contributed by atoms with Crippen LogP contribution in [0.2, 0.25) is 0 Å². The van der Waals surface area contributed by atoms with Gasteiger partial charge in [-0.3, -0.25) is 9.59 Å². The van der Waals surface area contributed by atoms with Crippen LogP contribution in [-0.4, -0.2) is 47.8 Å². The molecule has 0 fully saturated rings. The van der Waals surface area contributed by atoms with Gasteiger partial charge in [0, 0.05) is 37.1 Å². The topological polar surface area (TPSA) is 98.7 Å². The fraction of sp³-hybridized carbons (Fsp3) is 0.476. The molecule has 0 saturated heterocycles. The number of benzene rings is 1. The first kappa shape index (κ1) is 22.3. The monoisotopic (exact) mass is 403 g/mol. The maximum Gasteiger partial charge on any atom is 0.408 e. The van der Waals surface area contributed by atoms with Crippen molar-refractivity contribution in [2.24, 2.45) is 7.05 Å². The zero-order chi connectivity index (χ0) is 21.6. The average molecular weight is 403 g/mol. The Balaban J connectivity index is 2.17. The SMILES string of the molecule is COC(=O)CCNC(=O)C(Cc1cn(C)c2ccccc12)NC(=O)OC(C)(C)C. The normalized spacial score (nSPS) is 12.3. The number of fused-ring (bicyclic) bond motifs is 1. The molecule has 0 saturated carbocycles. The number of hydrogen-bond donors (Lipinski definition) is 2. The molecule has 29 heavy (non-hydrogen) atoms. The third-order valence-electron chi connectivity index (χ3n) is 4.27. The number of rotatable bonds is 7. The molecule has 8 heteroatoms. The number of aromatic nitrogens is 1.